The normalized spacial score (nSPS) is 15.9. The molecule has 0 spiro atoms. The predicted octanol–water partition coefficient (Wildman–Crippen LogP) is -2.46. The van der Waals surface area contributed by atoms with Crippen LogP contribution in [0.1, 0.15) is 0 Å². The lowest BCUT2D eigenvalue weighted by Crippen LogP contribution is -2.69. The van der Waals surface area contributed by atoms with Gasteiger partial charge in [0.25, 0.3) is 0 Å². The summed E-state index contributed by atoms with van der Waals surface area (Å²) >= 11 is 0. The molecule has 0 aliphatic carbocycles. The van der Waals surface area contributed by atoms with Gasteiger partial charge >= 0.3 is 5.69 Å². The number of nitro groups is 1. The molecule has 11 nitrogen and oxygen atoms in total. The van der Waals surface area contributed by atoms with E-state index in [9.17, 15) is 10.1 Å². The fourth-order valence-corrected chi connectivity index (χ4v) is 1.85. The quantitative estimate of drug-likeness (QED) is 0.192. The van der Waals surface area contributed by atoms with Gasteiger partial charge in [-0.15, -0.1) is 0 Å². The molecule has 0 bridgehead atoms. The predicted molar refractivity (Wildman–Crippen MR) is 73.1 cm³/mol. The zero-order chi connectivity index (χ0) is 14.9. The zero-order valence-corrected chi connectivity index (χ0v) is 10.6. The van der Waals surface area contributed by atoms with Gasteiger partial charge < -0.3 is 10.6 Å². The lowest BCUT2D eigenvalue weighted by atomic mass is 10.1. The second kappa shape index (κ2) is 5.15. The summed E-state index contributed by atoms with van der Waals surface area (Å²) in [6, 6.07) is 1.57. The molecule has 0 unspecified atom stereocenters. The van der Waals surface area contributed by atoms with Gasteiger partial charge in [-0.2, -0.15) is 5.43 Å². The SMILES string of the molecule is NC1CN(c2ccnc(NNC(N)(N)N)c2[N+](=O)[O-])C1. The molecule has 0 saturated carbocycles. The first-order valence-corrected chi connectivity index (χ1v) is 5.81. The molecule has 1 aromatic heterocycles. The minimum atomic E-state index is -1.73. The van der Waals surface area contributed by atoms with Gasteiger partial charge in [0, 0.05) is 25.3 Å². The highest BCUT2D eigenvalue weighted by atomic mass is 16.6. The number of rotatable bonds is 5. The van der Waals surface area contributed by atoms with E-state index in [2.05, 4.69) is 15.8 Å². The van der Waals surface area contributed by atoms with E-state index in [0.717, 1.165) is 0 Å². The molecule has 1 fully saturated rings. The minimum absolute atomic E-state index is 0.0158. The van der Waals surface area contributed by atoms with Gasteiger partial charge in [-0.05, 0) is 6.07 Å². The van der Waals surface area contributed by atoms with Crippen LogP contribution in [0, 0.1) is 10.1 Å². The number of nitrogens with zero attached hydrogens (tertiary/aromatic N) is 3. The van der Waals surface area contributed by atoms with E-state index >= 15 is 0 Å². The van der Waals surface area contributed by atoms with Crippen LogP contribution in [-0.2, 0) is 0 Å². The molecule has 1 aliphatic heterocycles. The highest BCUT2D eigenvalue weighted by Gasteiger charge is 2.32. The standard InChI is InChI=1S/C9H17N9O2/c10-5-3-17(4-5)6-1-2-14-8(7(6)18(19)20)15-16-9(11,12)13/h1-2,5,16H,3-4,10-13H2,(H,14,15). The van der Waals surface area contributed by atoms with Gasteiger partial charge in [-0.1, -0.05) is 0 Å². The number of pyridine rings is 1. The van der Waals surface area contributed by atoms with E-state index in [0.29, 0.717) is 18.8 Å². The van der Waals surface area contributed by atoms with Crippen LogP contribution >= 0.6 is 0 Å². The Bertz CT molecular complexity index is 509. The largest absolute Gasteiger partial charge is 0.363 e. The zero-order valence-electron chi connectivity index (χ0n) is 10.6. The molecule has 0 radical (unpaired) electrons. The van der Waals surface area contributed by atoms with Gasteiger partial charge in [0.2, 0.25) is 5.82 Å². The highest BCUT2D eigenvalue weighted by Crippen LogP contribution is 2.35. The van der Waals surface area contributed by atoms with Crippen molar-refractivity contribution in [2.75, 3.05) is 23.4 Å². The van der Waals surface area contributed by atoms with Gasteiger partial charge in [0.15, 0.2) is 5.91 Å². The first-order chi connectivity index (χ1) is 9.28. The number of anilines is 2. The van der Waals surface area contributed by atoms with Crippen molar-refractivity contribution in [3.8, 4) is 0 Å². The van der Waals surface area contributed by atoms with Crippen molar-refractivity contribution in [2.45, 2.75) is 12.0 Å². The molecule has 0 aromatic carbocycles. The minimum Gasteiger partial charge on any atom is -0.363 e. The van der Waals surface area contributed by atoms with Crippen molar-refractivity contribution in [1.82, 2.24) is 10.4 Å². The molecule has 1 saturated heterocycles. The third kappa shape index (κ3) is 3.09. The number of hydrazine groups is 1. The van der Waals surface area contributed by atoms with E-state index in [1.54, 1.807) is 11.0 Å². The molecule has 11 heteroatoms. The third-order valence-electron chi connectivity index (χ3n) is 2.73. The van der Waals surface area contributed by atoms with Crippen molar-refractivity contribution < 1.29 is 4.92 Å². The lowest BCUT2D eigenvalue weighted by molar-refractivity contribution is -0.383. The summed E-state index contributed by atoms with van der Waals surface area (Å²) in [6.07, 6.45) is 1.43. The summed E-state index contributed by atoms with van der Waals surface area (Å²) in [5.74, 6) is -1.76. The maximum absolute atomic E-state index is 11.2. The number of aromatic nitrogens is 1. The number of nitrogens with one attached hydrogen (secondary N) is 2. The van der Waals surface area contributed by atoms with E-state index in [-0.39, 0.29) is 17.5 Å². The summed E-state index contributed by atoms with van der Waals surface area (Å²) < 4.78 is 0. The first kappa shape index (κ1) is 14.4. The summed E-state index contributed by atoms with van der Waals surface area (Å²) in [7, 11) is 0. The van der Waals surface area contributed by atoms with Gasteiger partial charge in [-0.25, -0.2) is 4.98 Å². The van der Waals surface area contributed by atoms with Crippen molar-refractivity contribution >= 4 is 17.2 Å². The molecule has 20 heavy (non-hydrogen) atoms. The molecule has 0 amide bonds. The fourth-order valence-electron chi connectivity index (χ4n) is 1.85. The number of nitrogens with two attached hydrogens (primary N) is 4. The Kier molecular flexibility index (Phi) is 3.69. The Morgan fingerprint density at radius 1 is 1.45 bits per heavy atom. The maximum Gasteiger partial charge on any atom is 0.335 e. The summed E-state index contributed by atoms with van der Waals surface area (Å²) in [5.41, 5.74) is 26.6. The molecular weight excluding hydrogens is 266 g/mol. The molecule has 10 N–H and O–H groups in total. The maximum atomic E-state index is 11.2. The van der Waals surface area contributed by atoms with Crippen LogP contribution in [0.5, 0.6) is 0 Å². The second-order valence-electron chi connectivity index (χ2n) is 4.63. The van der Waals surface area contributed by atoms with E-state index in [4.69, 9.17) is 22.9 Å². The Morgan fingerprint density at radius 2 is 2.10 bits per heavy atom. The number of hydrogen-bond donors (Lipinski definition) is 6. The number of hydrogen-bond acceptors (Lipinski definition) is 10. The van der Waals surface area contributed by atoms with Gasteiger partial charge in [0.1, 0.15) is 5.69 Å². The summed E-state index contributed by atoms with van der Waals surface area (Å²) in [4.78, 5) is 16.4. The topological polar surface area (TPSA) is 187 Å². The molecule has 0 atom stereocenters. The van der Waals surface area contributed by atoms with Gasteiger partial charge in [0.05, 0.1) is 4.92 Å². The Morgan fingerprint density at radius 3 is 2.60 bits per heavy atom. The smallest absolute Gasteiger partial charge is 0.335 e. The molecule has 2 rings (SSSR count). The Labute approximate surface area is 114 Å². The molecule has 2 heterocycles. The molecule has 110 valence electrons. The molecule has 1 aromatic rings. The van der Waals surface area contributed by atoms with E-state index < -0.39 is 10.8 Å². The van der Waals surface area contributed by atoms with Crippen molar-refractivity contribution in [3.63, 3.8) is 0 Å². The molecular formula is C9H17N9O2. The molecule has 1 aliphatic rings. The van der Waals surface area contributed by atoms with E-state index in [1.165, 1.54) is 6.20 Å². The Hall–Kier alpha value is -2.05. The highest BCUT2D eigenvalue weighted by molar-refractivity contribution is 5.74. The van der Waals surface area contributed by atoms with Crippen molar-refractivity contribution in [2.24, 2.45) is 22.9 Å². The van der Waals surface area contributed by atoms with Gasteiger partial charge in [-0.3, -0.25) is 32.7 Å². The van der Waals surface area contributed by atoms with Crippen LogP contribution in [0.15, 0.2) is 12.3 Å². The average Bonchev–Trinajstić information content (AvgIpc) is 2.31. The fraction of sp³-hybridized carbons (Fsp3) is 0.444. The van der Waals surface area contributed by atoms with Crippen LogP contribution < -0.4 is 38.7 Å². The van der Waals surface area contributed by atoms with Crippen LogP contribution in [-0.4, -0.2) is 34.9 Å². The van der Waals surface area contributed by atoms with Crippen LogP contribution in [0.25, 0.3) is 0 Å². The van der Waals surface area contributed by atoms with Crippen LogP contribution in [0.4, 0.5) is 17.2 Å². The summed E-state index contributed by atoms with van der Waals surface area (Å²) in [5, 5.41) is 11.2. The lowest BCUT2D eigenvalue weighted by Gasteiger charge is -2.38. The Balaban J connectivity index is 2.27. The third-order valence-corrected chi connectivity index (χ3v) is 2.73. The van der Waals surface area contributed by atoms with Crippen LogP contribution in [0.3, 0.4) is 0 Å². The average molecular weight is 283 g/mol. The monoisotopic (exact) mass is 283 g/mol. The first-order valence-electron chi connectivity index (χ1n) is 5.81. The summed E-state index contributed by atoms with van der Waals surface area (Å²) in [6.45, 7) is 1.10. The second-order valence-corrected chi connectivity index (χ2v) is 4.63. The van der Waals surface area contributed by atoms with Crippen molar-refractivity contribution in [1.29, 1.82) is 0 Å². The van der Waals surface area contributed by atoms with Crippen LogP contribution in [0.2, 0.25) is 0 Å². The van der Waals surface area contributed by atoms with E-state index in [1.807, 2.05) is 0 Å². The van der Waals surface area contributed by atoms with Crippen molar-refractivity contribution in [3.05, 3.63) is 22.4 Å².